The maximum atomic E-state index is 12.2. The lowest BCUT2D eigenvalue weighted by Gasteiger charge is -2.04. The number of benzene rings is 1. The zero-order chi connectivity index (χ0) is 13.2. The number of anilines is 1. The summed E-state index contributed by atoms with van der Waals surface area (Å²) < 4.78 is 1.78. The molecule has 5 heteroatoms. The van der Waals surface area contributed by atoms with Crippen LogP contribution in [-0.4, -0.2) is 20.4 Å². The van der Waals surface area contributed by atoms with Gasteiger partial charge in [0.2, 0.25) is 0 Å². The highest BCUT2D eigenvalue weighted by Gasteiger charge is 2.14. The fourth-order valence-electron chi connectivity index (χ4n) is 1.97. The second-order valence-corrected chi connectivity index (χ2v) is 4.17. The molecule has 0 aliphatic carbocycles. The zero-order valence-electron chi connectivity index (χ0n) is 10.4. The monoisotopic (exact) mass is 252 g/mol. The Balaban J connectivity index is 1.96. The van der Waals surface area contributed by atoms with Crippen LogP contribution >= 0.6 is 0 Å². The molecule has 1 amide bonds. The number of carbonyl (C=O) groups excluding carboxylic acids is 1. The first-order valence-corrected chi connectivity index (χ1v) is 5.88. The van der Waals surface area contributed by atoms with E-state index in [4.69, 9.17) is 0 Å². The average molecular weight is 252 g/mol. The van der Waals surface area contributed by atoms with Gasteiger partial charge < -0.3 is 9.88 Å². The Labute approximate surface area is 109 Å². The molecule has 2 aromatic heterocycles. The van der Waals surface area contributed by atoms with E-state index in [9.17, 15) is 4.79 Å². The fourth-order valence-corrected chi connectivity index (χ4v) is 1.97. The number of aromatic nitrogens is 3. The fraction of sp³-hybridized carbons (Fsp3) is 0.0714. The van der Waals surface area contributed by atoms with E-state index in [1.54, 1.807) is 29.1 Å². The predicted molar refractivity (Wildman–Crippen MR) is 72.9 cm³/mol. The molecule has 5 nitrogen and oxygen atoms in total. The van der Waals surface area contributed by atoms with Crippen LogP contribution in [0.4, 0.5) is 5.69 Å². The van der Waals surface area contributed by atoms with Crippen molar-refractivity contribution >= 4 is 22.6 Å². The number of hydrogen-bond donors (Lipinski definition) is 1. The molecule has 0 bridgehead atoms. The number of amides is 1. The lowest BCUT2D eigenvalue weighted by Crippen LogP contribution is -2.16. The quantitative estimate of drug-likeness (QED) is 0.760. The standard InChI is InChI=1S/C14H12N4O/c1-18-12-5-3-2-4-11(12)17-13(18)14(19)16-10-6-8-15-9-7-10/h2-9H,1H3,(H,15,16,19). The Morgan fingerprint density at radius 1 is 1.16 bits per heavy atom. The Kier molecular flexibility index (Phi) is 2.72. The van der Waals surface area contributed by atoms with E-state index in [0.29, 0.717) is 11.5 Å². The molecule has 19 heavy (non-hydrogen) atoms. The summed E-state index contributed by atoms with van der Waals surface area (Å²) in [5, 5.41) is 2.80. The van der Waals surface area contributed by atoms with Crippen LogP contribution in [0.2, 0.25) is 0 Å². The highest BCUT2D eigenvalue weighted by atomic mass is 16.2. The minimum Gasteiger partial charge on any atom is -0.323 e. The topological polar surface area (TPSA) is 59.8 Å². The lowest BCUT2D eigenvalue weighted by molar-refractivity contribution is 0.101. The normalized spacial score (nSPS) is 10.6. The van der Waals surface area contributed by atoms with Gasteiger partial charge in [0.05, 0.1) is 11.0 Å². The first-order chi connectivity index (χ1) is 9.25. The van der Waals surface area contributed by atoms with Gasteiger partial charge in [-0.15, -0.1) is 0 Å². The van der Waals surface area contributed by atoms with Gasteiger partial charge in [-0.2, -0.15) is 0 Å². The molecular formula is C14H12N4O. The van der Waals surface area contributed by atoms with E-state index < -0.39 is 0 Å². The van der Waals surface area contributed by atoms with E-state index >= 15 is 0 Å². The number of para-hydroxylation sites is 2. The summed E-state index contributed by atoms with van der Waals surface area (Å²) in [7, 11) is 1.83. The van der Waals surface area contributed by atoms with Crippen molar-refractivity contribution in [2.24, 2.45) is 7.05 Å². The lowest BCUT2D eigenvalue weighted by atomic mass is 10.3. The maximum absolute atomic E-state index is 12.2. The molecule has 1 aromatic carbocycles. The summed E-state index contributed by atoms with van der Waals surface area (Å²) in [4.78, 5) is 20.4. The van der Waals surface area contributed by atoms with Crippen molar-refractivity contribution in [3.63, 3.8) is 0 Å². The summed E-state index contributed by atoms with van der Waals surface area (Å²) in [6.07, 6.45) is 3.26. The molecule has 0 saturated carbocycles. The molecule has 0 saturated heterocycles. The summed E-state index contributed by atoms with van der Waals surface area (Å²) in [5.41, 5.74) is 2.44. The van der Waals surface area contributed by atoms with E-state index in [1.807, 2.05) is 31.3 Å². The molecule has 3 rings (SSSR count). The van der Waals surface area contributed by atoms with Gasteiger partial charge in [-0.25, -0.2) is 4.98 Å². The van der Waals surface area contributed by atoms with E-state index in [1.165, 1.54) is 0 Å². The van der Waals surface area contributed by atoms with Crippen molar-refractivity contribution < 1.29 is 4.79 Å². The number of aryl methyl sites for hydroxylation is 1. The summed E-state index contributed by atoms with van der Waals surface area (Å²) >= 11 is 0. The van der Waals surface area contributed by atoms with Crippen LogP contribution in [0, 0.1) is 0 Å². The molecule has 3 aromatic rings. The zero-order valence-corrected chi connectivity index (χ0v) is 10.4. The molecule has 0 aliphatic heterocycles. The van der Waals surface area contributed by atoms with Crippen LogP contribution in [0.15, 0.2) is 48.8 Å². The molecule has 0 atom stereocenters. The molecule has 0 unspecified atom stereocenters. The first-order valence-electron chi connectivity index (χ1n) is 5.88. The van der Waals surface area contributed by atoms with Gasteiger partial charge in [-0.1, -0.05) is 12.1 Å². The molecule has 0 fully saturated rings. The number of fused-ring (bicyclic) bond motifs is 1. The van der Waals surface area contributed by atoms with Crippen molar-refractivity contribution in [3.8, 4) is 0 Å². The maximum Gasteiger partial charge on any atom is 0.291 e. The second kappa shape index (κ2) is 4.53. The summed E-state index contributed by atoms with van der Waals surface area (Å²) in [6, 6.07) is 11.1. The van der Waals surface area contributed by atoms with Crippen LogP contribution in [-0.2, 0) is 7.05 Å². The molecule has 2 heterocycles. The Morgan fingerprint density at radius 3 is 2.63 bits per heavy atom. The van der Waals surface area contributed by atoms with Gasteiger partial charge in [0, 0.05) is 25.1 Å². The average Bonchev–Trinajstić information content (AvgIpc) is 2.78. The minimum absolute atomic E-state index is 0.232. The Hall–Kier alpha value is -2.69. The number of imidazole rings is 1. The third-order valence-electron chi connectivity index (χ3n) is 2.93. The van der Waals surface area contributed by atoms with Crippen LogP contribution in [0.5, 0.6) is 0 Å². The molecule has 1 N–H and O–H groups in total. The number of carbonyl (C=O) groups is 1. The van der Waals surface area contributed by atoms with Crippen LogP contribution in [0.25, 0.3) is 11.0 Å². The van der Waals surface area contributed by atoms with Gasteiger partial charge >= 0.3 is 0 Å². The van der Waals surface area contributed by atoms with E-state index in [0.717, 1.165) is 11.0 Å². The van der Waals surface area contributed by atoms with Crippen molar-refractivity contribution in [1.82, 2.24) is 14.5 Å². The second-order valence-electron chi connectivity index (χ2n) is 4.17. The van der Waals surface area contributed by atoms with Gasteiger partial charge in [0.1, 0.15) is 0 Å². The van der Waals surface area contributed by atoms with E-state index in [2.05, 4.69) is 15.3 Å². The minimum atomic E-state index is -0.232. The van der Waals surface area contributed by atoms with Crippen molar-refractivity contribution in [2.45, 2.75) is 0 Å². The molecular weight excluding hydrogens is 240 g/mol. The predicted octanol–water partition coefficient (Wildman–Crippen LogP) is 2.22. The number of rotatable bonds is 2. The number of nitrogens with zero attached hydrogens (tertiary/aromatic N) is 3. The van der Waals surface area contributed by atoms with Crippen LogP contribution in [0.3, 0.4) is 0 Å². The summed E-state index contributed by atoms with van der Waals surface area (Å²) in [6.45, 7) is 0. The molecule has 0 spiro atoms. The third kappa shape index (κ3) is 2.06. The van der Waals surface area contributed by atoms with Crippen molar-refractivity contribution in [2.75, 3.05) is 5.32 Å². The number of pyridine rings is 1. The van der Waals surface area contributed by atoms with Gasteiger partial charge in [0.15, 0.2) is 5.82 Å². The van der Waals surface area contributed by atoms with Crippen LogP contribution < -0.4 is 5.32 Å². The largest absolute Gasteiger partial charge is 0.323 e. The highest BCUT2D eigenvalue weighted by Crippen LogP contribution is 2.15. The summed E-state index contributed by atoms with van der Waals surface area (Å²) in [5.74, 6) is 0.155. The van der Waals surface area contributed by atoms with Crippen LogP contribution in [0.1, 0.15) is 10.6 Å². The Morgan fingerprint density at radius 2 is 1.89 bits per heavy atom. The first kappa shape index (κ1) is 11.4. The van der Waals surface area contributed by atoms with Gasteiger partial charge in [-0.05, 0) is 24.3 Å². The van der Waals surface area contributed by atoms with Gasteiger partial charge in [0.25, 0.3) is 5.91 Å². The smallest absolute Gasteiger partial charge is 0.291 e. The Bertz CT molecular complexity index is 734. The van der Waals surface area contributed by atoms with Crippen molar-refractivity contribution in [1.29, 1.82) is 0 Å². The molecule has 0 aliphatic rings. The number of hydrogen-bond acceptors (Lipinski definition) is 3. The SMILES string of the molecule is Cn1c(C(=O)Nc2ccncc2)nc2ccccc21. The molecule has 94 valence electrons. The van der Waals surface area contributed by atoms with E-state index in [-0.39, 0.29) is 5.91 Å². The van der Waals surface area contributed by atoms with Crippen molar-refractivity contribution in [3.05, 3.63) is 54.6 Å². The van der Waals surface area contributed by atoms with Gasteiger partial charge in [-0.3, -0.25) is 9.78 Å². The molecule has 0 radical (unpaired) electrons. The highest BCUT2D eigenvalue weighted by molar-refractivity contribution is 6.03. The third-order valence-corrected chi connectivity index (χ3v) is 2.93. The number of nitrogens with one attached hydrogen (secondary N) is 1.